The van der Waals surface area contributed by atoms with E-state index in [4.69, 9.17) is 15.1 Å². The molecule has 0 aliphatic carbocycles. The molecule has 1 aromatic carbocycles. The molecule has 0 radical (unpaired) electrons. The molecule has 1 atom stereocenters. The normalized spacial score (nSPS) is 11.9. The van der Waals surface area contributed by atoms with E-state index in [1.54, 1.807) is 13.0 Å². The molecule has 8 nitrogen and oxygen atoms in total. The molecule has 1 amide bonds. The van der Waals surface area contributed by atoms with E-state index in [9.17, 15) is 13.6 Å². The van der Waals surface area contributed by atoms with Gasteiger partial charge in [-0.2, -0.15) is 5.10 Å². The van der Waals surface area contributed by atoms with E-state index in [1.807, 2.05) is 5.48 Å². The zero-order valence-corrected chi connectivity index (χ0v) is 13.2. The summed E-state index contributed by atoms with van der Waals surface area (Å²) in [5.74, 6) is -3.20. The predicted molar refractivity (Wildman–Crippen MR) is 82.9 cm³/mol. The number of carbonyl (C=O) groups is 1. The SMILES string of the molecule is Cc1ccc(Nc2c(C(=O)NOC[C@H](O)CO)ccc(F)c2F)nn1. The number of aliphatic hydroxyl groups excluding tert-OH is 2. The lowest BCUT2D eigenvalue weighted by molar-refractivity contribution is -0.0295. The maximum Gasteiger partial charge on any atom is 0.277 e. The Hall–Kier alpha value is -2.69. The van der Waals surface area contributed by atoms with E-state index in [-0.39, 0.29) is 18.0 Å². The highest BCUT2D eigenvalue weighted by atomic mass is 19.2. The lowest BCUT2D eigenvalue weighted by Crippen LogP contribution is -2.30. The van der Waals surface area contributed by atoms with Gasteiger partial charge in [-0.15, -0.1) is 5.10 Å². The highest BCUT2D eigenvalue weighted by Crippen LogP contribution is 2.25. The van der Waals surface area contributed by atoms with Crippen LogP contribution in [0.25, 0.3) is 0 Å². The van der Waals surface area contributed by atoms with E-state index in [2.05, 4.69) is 15.5 Å². The highest BCUT2D eigenvalue weighted by molar-refractivity contribution is 5.99. The Labute approximate surface area is 141 Å². The average molecular weight is 354 g/mol. The van der Waals surface area contributed by atoms with Gasteiger partial charge in [-0.25, -0.2) is 14.3 Å². The Bertz CT molecular complexity index is 743. The Morgan fingerprint density at radius 1 is 1.28 bits per heavy atom. The maximum atomic E-state index is 14.1. The van der Waals surface area contributed by atoms with Crippen LogP contribution in [0.3, 0.4) is 0 Å². The third-order valence-electron chi connectivity index (χ3n) is 3.04. The fourth-order valence-electron chi connectivity index (χ4n) is 1.77. The van der Waals surface area contributed by atoms with Crippen molar-refractivity contribution in [3.8, 4) is 0 Å². The number of nitrogens with one attached hydrogen (secondary N) is 2. The van der Waals surface area contributed by atoms with Gasteiger partial charge in [0.05, 0.1) is 23.6 Å². The minimum atomic E-state index is -1.27. The zero-order valence-electron chi connectivity index (χ0n) is 13.2. The number of anilines is 2. The lowest BCUT2D eigenvalue weighted by Gasteiger charge is -2.13. The summed E-state index contributed by atoms with van der Waals surface area (Å²) < 4.78 is 27.6. The van der Waals surface area contributed by atoms with Gasteiger partial charge in [0.15, 0.2) is 17.5 Å². The van der Waals surface area contributed by atoms with Crippen LogP contribution in [-0.2, 0) is 4.84 Å². The molecule has 0 aliphatic rings. The van der Waals surface area contributed by atoms with Crippen molar-refractivity contribution >= 4 is 17.4 Å². The molecular formula is C15H16F2N4O4. The molecule has 10 heteroatoms. The second kappa shape index (κ2) is 8.42. The summed E-state index contributed by atoms with van der Waals surface area (Å²) in [6.07, 6.45) is -1.19. The smallest absolute Gasteiger partial charge is 0.277 e. The third-order valence-corrected chi connectivity index (χ3v) is 3.04. The summed E-state index contributed by atoms with van der Waals surface area (Å²) in [5, 5.41) is 27.8. The number of aliphatic hydroxyl groups is 2. The second-order valence-corrected chi connectivity index (χ2v) is 5.05. The van der Waals surface area contributed by atoms with Crippen molar-refractivity contribution in [2.45, 2.75) is 13.0 Å². The van der Waals surface area contributed by atoms with Crippen LogP contribution in [0.2, 0.25) is 0 Å². The number of amides is 1. The topological polar surface area (TPSA) is 117 Å². The van der Waals surface area contributed by atoms with Gasteiger partial charge in [0.1, 0.15) is 12.7 Å². The quantitative estimate of drug-likeness (QED) is 0.544. The van der Waals surface area contributed by atoms with Crippen LogP contribution in [0.1, 0.15) is 16.1 Å². The number of benzene rings is 1. The van der Waals surface area contributed by atoms with Gasteiger partial charge in [-0.3, -0.25) is 9.63 Å². The average Bonchev–Trinajstić information content (AvgIpc) is 2.60. The number of aryl methyl sites for hydroxylation is 1. The fraction of sp³-hybridized carbons (Fsp3) is 0.267. The van der Waals surface area contributed by atoms with Crippen molar-refractivity contribution in [3.05, 3.63) is 47.2 Å². The van der Waals surface area contributed by atoms with Crippen molar-refractivity contribution in [1.82, 2.24) is 15.7 Å². The van der Waals surface area contributed by atoms with Crippen LogP contribution in [0.15, 0.2) is 24.3 Å². The molecule has 0 saturated heterocycles. The number of hydroxylamine groups is 1. The summed E-state index contributed by atoms with van der Waals surface area (Å²) in [4.78, 5) is 16.8. The third kappa shape index (κ3) is 4.89. The number of rotatable bonds is 7. The molecule has 2 aromatic rings. The molecule has 2 rings (SSSR count). The highest BCUT2D eigenvalue weighted by Gasteiger charge is 2.20. The number of carbonyl (C=O) groups excluding carboxylic acids is 1. The van der Waals surface area contributed by atoms with E-state index in [1.165, 1.54) is 6.07 Å². The molecule has 0 aliphatic heterocycles. The van der Waals surface area contributed by atoms with Crippen LogP contribution < -0.4 is 10.8 Å². The van der Waals surface area contributed by atoms with Crippen LogP contribution in [0.4, 0.5) is 20.3 Å². The second-order valence-electron chi connectivity index (χ2n) is 5.05. The molecule has 1 aromatic heterocycles. The first-order chi connectivity index (χ1) is 11.9. The number of halogens is 2. The molecule has 0 saturated carbocycles. The molecule has 1 heterocycles. The monoisotopic (exact) mass is 354 g/mol. The van der Waals surface area contributed by atoms with Crippen molar-refractivity contribution in [1.29, 1.82) is 0 Å². The standard InChI is InChI=1S/C15H16F2N4O4/c1-8-2-5-12(20-19-8)18-14-10(3-4-11(16)13(14)17)15(24)21-25-7-9(23)6-22/h2-5,9,22-23H,6-7H2,1H3,(H,18,20)(H,21,24)/t9-/m1/s1. The molecule has 4 N–H and O–H groups in total. The fourth-order valence-corrected chi connectivity index (χ4v) is 1.77. The van der Waals surface area contributed by atoms with E-state index in [0.29, 0.717) is 5.69 Å². The van der Waals surface area contributed by atoms with Gasteiger partial charge in [0.25, 0.3) is 5.91 Å². The van der Waals surface area contributed by atoms with Crippen molar-refractivity contribution < 1.29 is 28.6 Å². The van der Waals surface area contributed by atoms with Gasteiger partial charge in [-0.1, -0.05) is 0 Å². The summed E-state index contributed by atoms with van der Waals surface area (Å²) in [5.41, 5.74) is 1.90. The van der Waals surface area contributed by atoms with Gasteiger partial charge in [0, 0.05) is 0 Å². The molecule has 0 unspecified atom stereocenters. The molecule has 25 heavy (non-hydrogen) atoms. The van der Waals surface area contributed by atoms with Crippen LogP contribution in [-0.4, -0.2) is 45.6 Å². The van der Waals surface area contributed by atoms with Gasteiger partial charge < -0.3 is 15.5 Å². The Kier molecular flexibility index (Phi) is 6.28. The molecule has 0 bridgehead atoms. The van der Waals surface area contributed by atoms with Gasteiger partial charge in [0.2, 0.25) is 0 Å². The van der Waals surface area contributed by atoms with Crippen LogP contribution in [0, 0.1) is 18.6 Å². The molecule has 0 fully saturated rings. The van der Waals surface area contributed by atoms with Gasteiger partial charge in [-0.05, 0) is 31.2 Å². The van der Waals surface area contributed by atoms with E-state index in [0.717, 1.165) is 12.1 Å². The first kappa shape index (κ1) is 18.6. The minimum absolute atomic E-state index is 0.112. The number of aromatic nitrogens is 2. The molecule has 134 valence electrons. The largest absolute Gasteiger partial charge is 0.394 e. The van der Waals surface area contributed by atoms with Crippen molar-refractivity contribution in [2.75, 3.05) is 18.5 Å². The molecule has 0 spiro atoms. The number of hydrogen-bond donors (Lipinski definition) is 4. The summed E-state index contributed by atoms with van der Waals surface area (Å²) in [6, 6.07) is 4.94. The number of hydrogen-bond acceptors (Lipinski definition) is 7. The maximum absolute atomic E-state index is 14.1. The van der Waals surface area contributed by atoms with E-state index >= 15 is 0 Å². The Balaban J connectivity index is 2.21. The Morgan fingerprint density at radius 2 is 2.04 bits per heavy atom. The van der Waals surface area contributed by atoms with E-state index < -0.39 is 35.9 Å². The predicted octanol–water partition coefficient (Wildman–Crippen LogP) is 0.821. The summed E-state index contributed by atoms with van der Waals surface area (Å²) in [6.45, 7) is 0.772. The summed E-state index contributed by atoms with van der Waals surface area (Å²) >= 11 is 0. The van der Waals surface area contributed by atoms with Crippen molar-refractivity contribution in [2.24, 2.45) is 0 Å². The van der Waals surface area contributed by atoms with Gasteiger partial charge >= 0.3 is 0 Å². The molecular weight excluding hydrogens is 338 g/mol. The lowest BCUT2D eigenvalue weighted by atomic mass is 10.1. The minimum Gasteiger partial charge on any atom is -0.394 e. The summed E-state index contributed by atoms with van der Waals surface area (Å²) in [7, 11) is 0. The van der Waals surface area contributed by atoms with Crippen molar-refractivity contribution in [3.63, 3.8) is 0 Å². The Morgan fingerprint density at radius 3 is 2.68 bits per heavy atom. The van der Waals surface area contributed by atoms with Crippen LogP contribution in [0.5, 0.6) is 0 Å². The number of nitrogens with zero attached hydrogens (tertiary/aromatic N) is 2. The van der Waals surface area contributed by atoms with Crippen LogP contribution >= 0.6 is 0 Å². The first-order valence-corrected chi connectivity index (χ1v) is 7.18. The zero-order chi connectivity index (χ0) is 18.4. The first-order valence-electron chi connectivity index (χ1n) is 7.18.